The summed E-state index contributed by atoms with van der Waals surface area (Å²) in [6.45, 7) is 0. The number of Topliss-reactive ketones (excluding diaryl/α,β-unsaturated/α-hetero) is 1. The highest BCUT2D eigenvalue weighted by Gasteiger charge is 2.43. The predicted octanol–water partition coefficient (Wildman–Crippen LogP) is 3.77. The lowest BCUT2D eigenvalue weighted by Gasteiger charge is -2.42. The summed E-state index contributed by atoms with van der Waals surface area (Å²) in [5.74, 6) is 1.46. The smallest absolute Gasteiger partial charge is 0.161 e. The van der Waals surface area contributed by atoms with Gasteiger partial charge in [0.15, 0.2) is 11.6 Å². The van der Waals surface area contributed by atoms with E-state index in [0.29, 0.717) is 47.1 Å². The number of para-hydroxylation sites is 1. The van der Waals surface area contributed by atoms with E-state index < -0.39 is 5.92 Å². The number of aliphatic imine (C=N–C) groups is 1. The molecule has 0 saturated carbocycles. The average Bonchev–Trinajstić information content (AvgIpc) is 2.83. The van der Waals surface area contributed by atoms with E-state index in [1.807, 2.05) is 41.3 Å². The van der Waals surface area contributed by atoms with Crippen molar-refractivity contribution in [3.05, 3.63) is 76.3 Å². The number of benzene rings is 2. The van der Waals surface area contributed by atoms with Crippen molar-refractivity contribution in [3.8, 4) is 17.6 Å². The fourth-order valence-corrected chi connectivity index (χ4v) is 4.84. The summed E-state index contributed by atoms with van der Waals surface area (Å²) in [7, 11) is 3.15. The summed E-state index contributed by atoms with van der Waals surface area (Å²) in [5, 5.41) is 10.3. The van der Waals surface area contributed by atoms with Gasteiger partial charge in [0.1, 0.15) is 17.3 Å². The lowest BCUT2D eigenvalue weighted by Crippen LogP contribution is -2.39. The molecule has 2 aromatic carbocycles. The summed E-state index contributed by atoms with van der Waals surface area (Å²) in [4.78, 5) is 19.9. The van der Waals surface area contributed by atoms with Gasteiger partial charge in [-0.25, -0.2) is 4.99 Å². The molecular weight excluding hydrogens is 404 g/mol. The topological polar surface area (TPSA) is 101 Å². The van der Waals surface area contributed by atoms with E-state index >= 15 is 0 Å². The number of fused-ring (bicyclic) bond motifs is 4. The van der Waals surface area contributed by atoms with Crippen molar-refractivity contribution in [2.75, 3.05) is 19.1 Å². The van der Waals surface area contributed by atoms with Crippen LogP contribution in [0.5, 0.6) is 11.5 Å². The molecule has 0 amide bonds. The van der Waals surface area contributed by atoms with Gasteiger partial charge in [0, 0.05) is 34.9 Å². The van der Waals surface area contributed by atoms with Gasteiger partial charge in [-0.05, 0) is 31.0 Å². The van der Waals surface area contributed by atoms with Gasteiger partial charge in [-0.2, -0.15) is 5.26 Å². The second-order valence-corrected chi connectivity index (χ2v) is 7.88. The number of anilines is 1. The van der Waals surface area contributed by atoms with Crippen LogP contribution in [-0.4, -0.2) is 25.8 Å². The fourth-order valence-electron chi connectivity index (χ4n) is 4.84. The minimum Gasteiger partial charge on any atom is -0.497 e. The van der Waals surface area contributed by atoms with Crippen molar-refractivity contribution in [2.45, 2.75) is 25.2 Å². The van der Waals surface area contributed by atoms with Gasteiger partial charge in [0.2, 0.25) is 0 Å². The third kappa shape index (κ3) is 2.80. The molecule has 2 N–H and O–H groups in total. The van der Waals surface area contributed by atoms with Crippen LogP contribution >= 0.6 is 0 Å². The molecule has 2 aliphatic heterocycles. The Hall–Kier alpha value is -4.05. The van der Waals surface area contributed by atoms with Crippen molar-refractivity contribution >= 4 is 17.3 Å². The highest BCUT2D eigenvalue weighted by Crippen LogP contribution is 2.51. The number of methoxy groups -OCH3 is 2. The number of hydrogen-bond donors (Lipinski definition) is 1. The van der Waals surface area contributed by atoms with Gasteiger partial charge in [-0.3, -0.25) is 9.69 Å². The molecule has 0 saturated heterocycles. The summed E-state index contributed by atoms with van der Waals surface area (Å²) >= 11 is 0. The Bertz CT molecular complexity index is 1280. The molecule has 0 spiro atoms. The highest BCUT2D eigenvalue weighted by atomic mass is 16.5. The molecule has 0 fully saturated rings. The average molecular weight is 426 g/mol. The molecule has 2 heterocycles. The van der Waals surface area contributed by atoms with Crippen molar-refractivity contribution in [1.82, 2.24) is 0 Å². The van der Waals surface area contributed by atoms with Gasteiger partial charge in [0.25, 0.3) is 0 Å². The molecule has 3 aliphatic rings. The fraction of sp³-hybridized carbons (Fsp3) is 0.240. The molecule has 0 bridgehead atoms. The van der Waals surface area contributed by atoms with Gasteiger partial charge in [-0.1, -0.05) is 18.2 Å². The lowest BCUT2D eigenvalue weighted by molar-refractivity contribution is -0.116. The van der Waals surface area contributed by atoms with Crippen LogP contribution in [0.15, 0.2) is 70.1 Å². The molecule has 7 nitrogen and oxygen atoms in total. The number of carbonyl (C=O) groups excluding carboxylic acids is 1. The second kappa shape index (κ2) is 7.57. The van der Waals surface area contributed by atoms with Crippen LogP contribution in [0.25, 0.3) is 0 Å². The first-order valence-corrected chi connectivity index (χ1v) is 10.4. The Morgan fingerprint density at radius 2 is 1.97 bits per heavy atom. The van der Waals surface area contributed by atoms with Crippen LogP contribution in [0, 0.1) is 11.3 Å². The van der Waals surface area contributed by atoms with Crippen molar-refractivity contribution < 1.29 is 14.3 Å². The maximum Gasteiger partial charge on any atom is 0.161 e. The normalized spacial score (nSPS) is 19.5. The van der Waals surface area contributed by atoms with Crippen molar-refractivity contribution in [2.24, 2.45) is 10.7 Å². The summed E-state index contributed by atoms with van der Waals surface area (Å²) in [6, 6.07) is 15.4. The Morgan fingerprint density at radius 3 is 2.72 bits per heavy atom. The molecule has 1 aliphatic carbocycles. The standard InChI is InChI=1S/C25H22N4O3/c1-31-14-10-11-16(21(12-14)32-2)22-17(13-26)25-28-24(27)15-6-3-4-7-18(15)29(25)19-8-5-9-20(30)23(19)22/h3-4,6-7,10-12,22H,5,8-9H2,1-2H3,(H2,27,28). The number of hydrogen-bond acceptors (Lipinski definition) is 7. The van der Waals surface area contributed by atoms with Crippen LogP contribution in [0.4, 0.5) is 5.69 Å². The molecule has 5 rings (SSSR count). The van der Waals surface area contributed by atoms with E-state index in [0.717, 1.165) is 28.9 Å². The number of carbonyl (C=O) groups is 1. The minimum absolute atomic E-state index is 0.0425. The van der Waals surface area contributed by atoms with Crippen LogP contribution in [0.2, 0.25) is 0 Å². The Balaban J connectivity index is 1.83. The zero-order valence-corrected chi connectivity index (χ0v) is 17.9. The van der Waals surface area contributed by atoms with Crippen LogP contribution < -0.4 is 20.1 Å². The molecule has 0 radical (unpaired) electrons. The number of rotatable bonds is 3. The number of nitriles is 1. The van der Waals surface area contributed by atoms with E-state index in [2.05, 4.69) is 11.1 Å². The van der Waals surface area contributed by atoms with Crippen LogP contribution in [-0.2, 0) is 4.79 Å². The summed E-state index contributed by atoms with van der Waals surface area (Å²) in [5.41, 5.74) is 10.5. The van der Waals surface area contributed by atoms with Gasteiger partial charge in [-0.15, -0.1) is 0 Å². The number of amidine groups is 1. The molecule has 1 unspecified atom stereocenters. The van der Waals surface area contributed by atoms with Crippen LogP contribution in [0.3, 0.4) is 0 Å². The largest absolute Gasteiger partial charge is 0.497 e. The monoisotopic (exact) mass is 426 g/mol. The lowest BCUT2D eigenvalue weighted by atomic mass is 9.75. The van der Waals surface area contributed by atoms with Gasteiger partial charge < -0.3 is 15.2 Å². The number of allylic oxidation sites excluding steroid dienone is 3. The quantitative estimate of drug-likeness (QED) is 0.802. The third-order valence-electron chi connectivity index (χ3n) is 6.25. The maximum atomic E-state index is 13.3. The van der Waals surface area contributed by atoms with Crippen LogP contribution in [0.1, 0.15) is 36.3 Å². The zero-order chi connectivity index (χ0) is 22.4. The molecule has 2 aromatic rings. The number of ketones is 1. The summed E-state index contributed by atoms with van der Waals surface area (Å²) < 4.78 is 11.0. The van der Waals surface area contributed by atoms with E-state index in [1.165, 1.54) is 0 Å². The first-order chi connectivity index (χ1) is 15.6. The second-order valence-electron chi connectivity index (χ2n) is 7.88. The number of nitrogens with zero attached hydrogens (tertiary/aromatic N) is 3. The maximum absolute atomic E-state index is 13.3. The molecule has 0 aromatic heterocycles. The van der Waals surface area contributed by atoms with E-state index in [4.69, 9.17) is 15.2 Å². The van der Waals surface area contributed by atoms with E-state index in [-0.39, 0.29) is 5.78 Å². The first kappa shape index (κ1) is 19.9. The number of ether oxygens (including phenoxy) is 2. The zero-order valence-electron chi connectivity index (χ0n) is 17.9. The van der Waals surface area contributed by atoms with E-state index in [9.17, 15) is 10.1 Å². The molecular formula is C25H22N4O3. The van der Waals surface area contributed by atoms with Crippen molar-refractivity contribution in [1.29, 1.82) is 5.26 Å². The summed E-state index contributed by atoms with van der Waals surface area (Å²) in [6.07, 6.45) is 1.90. The van der Waals surface area contributed by atoms with Gasteiger partial charge >= 0.3 is 0 Å². The Labute approximate surface area is 186 Å². The SMILES string of the molecule is COc1ccc(C2C(C#N)=C3N=C(N)c4ccccc4N3C3=C2C(=O)CCC3)c(OC)c1. The molecule has 7 heteroatoms. The highest BCUT2D eigenvalue weighted by molar-refractivity contribution is 6.08. The molecule has 1 atom stereocenters. The van der Waals surface area contributed by atoms with E-state index in [1.54, 1.807) is 20.3 Å². The minimum atomic E-state index is -0.586. The predicted molar refractivity (Wildman–Crippen MR) is 120 cm³/mol. The molecule has 160 valence electrons. The number of nitrogens with two attached hydrogens (primary N) is 1. The molecule has 32 heavy (non-hydrogen) atoms. The Kier molecular flexibility index (Phi) is 4.71. The van der Waals surface area contributed by atoms with Gasteiger partial charge in [0.05, 0.1) is 37.5 Å². The Morgan fingerprint density at radius 1 is 1.16 bits per heavy atom. The van der Waals surface area contributed by atoms with Crippen molar-refractivity contribution in [3.63, 3.8) is 0 Å². The first-order valence-electron chi connectivity index (χ1n) is 10.4. The third-order valence-corrected chi connectivity index (χ3v) is 6.25.